The molecule has 2 amide bonds. The fourth-order valence-electron chi connectivity index (χ4n) is 2.40. The summed E-state index contributed by atoms with van der Waals surface area (Å²) in [5.41, 5.74) is 0. The molecule has 110 valence electrons. The van der Waals surface area contributed by atoms with E-state index in [9.17, 15) is 9.90 Å². The molecule has 0 radical (unpaired) electrons. The van der Waals surface area contributed by atoms with Crippen molar-refractivity contribution in [3.63, 3.8) is 0 Å². The minimum absolute atomic E-state index is 0.0144. The fourth-order valence-corrected chi connectivity index (χ4v) is 2.40. The van der Waals surface area contributed by atoms with Gasteiger partial charge in [-0.05, 0) is 18.8 Å². The number of hydrogen-bond donors (Lipinski definition) is 2. The second-order valence-corrected chi connectivity index (χ2v) is 5.42. The third kappa shape index (κ3) is 4.63. The molecule has 6 nitrogen and oxygen atoms in total. The molecule has 1 unspecified atom stereocenters. The third-order valence-electron chi connectivity index (χ3n) is 3.85. The molecule has 1 aliphatic heterocycles. The van der Waals surface area contributed by atoms with Crippen LogP contribution in [-0.2, 0) is 4.74 Å². The van der Waals surface area contributed by atoms with Gasteiger partial charge in [-0.1, -0.05) is 0 Å². The molecule has 1 saturated carbocycles. The molecule has 1 saturated heterocycles. The summed E-state index contributed by atoms with van der Waals surface area (Å²) in [6.07, 6.45) is 2.16. The molecule has 0 aromatic rings. The number of urea groups is 1. The summed E-state index contributed by atoms with van der Waals surface area (Å²) in [5, 5.41) is 12.7. The SMILES string of the molecule is COCCNC(=O)N1CCN(CC(O)C2CC2)CC1. The number of aliphatic hydroxyl groups is 1. The highest BCUT2D eigenvalue weighted by Crippen LogP contribution is 2.32. The molecule has 0 bridgehead atoms. The Morgan fingerprint density at radius 2 is 2.05 bits per heavy atom. The van der Waals surface area contributed by atoms with Gasteiger partial charge in [0.1, 0.15) is 0 Å². The lowest BCUT2D eigenvalue weighted by molar-refractivity contribution is 0.0693. The van der Waals surface area contributed by atoms with Crippen molar-refractivity contribution in [2.45, 2.75) is 18.9 Å². The highest BCUT2D eigenvalue weighted by Gasteiger charge is 2.31. The summed E-state index contributed by atoms with van der Waals surface area (Å²) in [4.78, 5) is 15.9. The number of ether oxygens (including phenoxy) is 1. The van der Waals surface area contributed by atoms with E-state index in [1.165, 1.54) is 12.8 Å². The van der Waals surface area contributed by atoms with Crippen LogP contribution in [0.1, 0.15) is 12.8 Å². The van der Waals surface area contributed by atoms with Crippen LogP contribution in [0.15, 0.2) is 0 Å². The normalized spacial score (nSPS) is 22.3. The summed E-state index contributed by atoms with van der Waals surface area (Å²) in [6, 6.07) is -0.0144. The molecular weight excluding hydrogens is 246 g/mol. The lowest BCUT2D eigenvalue weighted by Crippen LogP contribution is -2.53. The van der Waals surface area contributed by atoms with E-state index >= 15 is 0 Å². The largest absolute Gasteiger partial charge is 0.392 e. The van der Waals surface area contributed by atoms with E-state index in [1.54, 1.807) is 7.11 Å². The van der Waals surface area contributed by atoms with Gasteiger partial charge in [0.25, 0.3) is 0 Å². The van der Waals surface area contributed by atoms with Crippen LogP contribution in [-0.4, -0.2) is 80.0 Å². The molecule has 6 heteroatoms. The molecule has 1 aliphatic carbocycles. The Morgan fingerprint density at radius 1 is 1.37 bits per heavy atom. The average molecular weight is 271 g/mol. The van der Waals surface area contributed by atoms with Crippen molar-refractivity contribution in [2.75, 3.05) is 53.0 Å². The number of nitrogens with zero attached hydrogens (tertiary/aromatic N) is 2. The lowest BCUT2D eigenvalue weighted by Gasteiger charge is -2.35. The number of aliphatic hydroxyl groups excluding tert-OH is 1. The summed E-state index contributed by atoms with van der Waals surface area (Å²) in [6.45, 7) is 5.01. The van der Waals surface area contributed by atoms with Crippen LogP contribution in [0, 0.1) is 5.92 Å². The number of rotatable bonds is 6. The van der Waals surface area contributed by atoms with E-state index in [-0.39, 0.29) is 12.1 Å². The number of carbonyl (C=O) groups is 1. The summed E-state index contributed by atoms with van der Waals surface area (Å²) >= 11 is 0. The zero-order chi connectivity index (χ0) is 13.7. The first kappa shape index (κ1) is 14.6. The average Bonchev–Trinajstić information content (AvgIpc) is 3.24. The van der Waals surface area contributed by atoms with Crippen LogP contribution in [0.4, 0.5) is 4.79 Å². The summed E-state index contributed by atoms with van der Waals surface area (Å²) in [5.74, 6) is 0.523. The number of carbonyl (C=O) groups excluding carboxylic acids is 1. The van der Waals surface area contributed by atoms with E-state index in [1.807, 2.05) is 4.90 Å². The standard InChI is InChI=1S/C13H25N3O3/c1-19-9-4-14-13(18)16-7-5-15(6-8-16)10-12(17)11-2-3-11/h11-12,17H,2-10H2,1H3,(H,14,18). The van der Waals surface area contributed by atoms with Gasteiger partial charge in [0.15, 0.2) is 0 Å². The third-order valence-corrected chi connectivity index (χ3v) is 3.85. The fraction of sp³-hybridized carbons (Fsp3) is 0.923. The number of nitrogens with one attached hydrogen (secondary N) is 1. The first-order valence-electron chi connectivity index (χ1n) is 7.13. The van der Waals surface area contributed by atoms with E-state index in [2.05, 4.69) is 10.2 Å². The molecule has 2 N–H and O–H groups in total. The molecule has 0 aromatic carbocycles. The highest BCUT2D eigenvalue weighted by atomic mass is 16.5. The molecule has 2 rings (SSSR count). The van der Waals surface area contributed by atoms with Crippen molar-refractivity contribution in [1.82, 2.24) is 15.1 Å². The van der Waals surface area contributed by atoms with Crippen molar-refractivity contribution >= 4 is 6.03 Å². The number of hydrogen-bond acceptors (Lipinski definition) is 4. The van der Waals surface area contributed by atoms with E-state index in [4.69, 9.17) is 4.74 Å². The predicted octanol–water partition coefficient (Wildman–Crippen LogP) is -0.269. The zero-order valence-corrected chi connectivity index (χ0v) is 11.7. The second kappa shape index (κ2) is 7.07. The molecule has 1 atom stereocenters. The van der Waals surface area contributed by atoms with Crippen molar-refractivity contribution in [2.24, 2.45) is 5.92 Å². The number of methoxy groups -OCH3 is 1. The molecule has 2 fully saturated rings. The van der Waals surface area contributed by atoms with Gasteiger partial charge in [-0.2, -0.15) is 0 Å². The topological polar surface area (TPSA) is 65.0 Å². The lowest BCUT2D eigenvalue weighted by atomic mass is 10.2. The van der Waals surface area contributed by atoms with Gasteiger partial charge in [0.05, 0.1) is 12.7 Å². The quantitative estimate of drug-likeness (QED) is 0.653. The Morgan fingerprint density at radius 3 is 2.63 bits per heavy atom. The first-order valence-corrected chi connectivity index (χ1v) is 7.13. The van der Waals surface area contributed by atoms with Gasteiger partial charge >= 0.3 is 6.03 Å². The van der Waals surface area contributed by atoms with Crippen LogP contribution in [0.25, 0.3) is 0 Å². The smallest absolute Gasteiger partial charge is 0.317 e. The number of piperazine rings is 1. The molecule has 0 aromatic heterocycles. The van der Waals surface area contributed by atoms with Gasteiger partial charge in [-0.3, -0.25) is 4.90 Å². The van der Waals surface area contributed by atoms with Crippen molar-refractivity contribution in [3.8, 4) is 0 Å². The molecule has 19 heavy (non-hydrogen) atoms. The van der Waals surface area contributed by atoms with E-state index < -0.39 is 0 Å². The van der Waals surface area contributed by atoms with Gasteiger partial charge in [0.2, 0.25) is 0 Å². The maximum absolute atomic E-state index is 11.8. The number of amides is 2. The molecule has 1 heterocycles. The van der Waals surface area contributed by atoms with Crippen molar-refractivity contribution in [1.29, 1.82) is 0 Å². The molecular formula is C13H25N3O3. The minimum atomic E-state index is -0.179. The van der Waals surface area contributed by atoms with Gasteiger partial charge in [-0.25, -0.2) is 4.79 Å². The van der Waals surface area contributed by atoms with Gasteiger partial charge in [-0.15, -0.1) is 0 Å². The van der Waals surface area contributed by atoms with Gasteiger partial charge in [0, 0.05) is 46.4 Å². The maximum atomic E-state index is 11.8. The Bertz CT molecular complexity index is 289. The van der Waals surface area contributed by atoms with Crippen LogP contribution in [0.5, 0.6) is 0 Å². The van der Waals surface area contributed by atoms with Crippen LogP contribution < -0.4 is 5.32 Å². The maximum Gasteiger partial charge on any atom is 0.317 e. The number of β-amino-alcohol motifs (C(OH)–C–C–N with tert-alkyl or cyclic N) is 1. The van der Waals surface area contributed by atoms with Crippen molar-refractivity contribution in [3.05, 3.63) is 0 Å². The zero-order valence-electron chi connectivity index (χ0n) is 11.7. The second-order valence-electron chi connectivity index (χ2n) is 5.42. The van der Waals surface area contributed by atoms with Crippen LogP contribution >= 0.6 is 0 Å². The Balaban J connectivity index is 1.62. The Labute approximate surface area is 114 Å². The van der Waals surface area contributed by atoms with E-state index in [0.717, 1.165) is 32.7 Å². The molecule has 2 aliphatic rings. The summed E-state index contributed by atoms with van der Waals surface area (Å²) < 4.78 is 4.90. The van der Waals surface area contributed by atoms with Crippen LogP contribution in [0.2, 0.25) is 0 Å². The first-order chi connectivity index (χ1) is 9.20. The Hall–Kier alpha value is -0.850. The molecule has 0 spiro atoms. The van der Waals surface area contributed by atoms with Crippen molar-refractivity contribution < 1.29 is 14.6 Å². The minimum Gasteiger partial charge on any atom is -0.392 e. The van der Waals surface area contributed by atoms with Crippen LogP contribution in [0.3, 0.4) is 0 Å². The highest BCUT2D eigenvalue weighted by molar-refractivity contribution is 5.74. The predicted molar refractivity (Wildman–Crippen MR) is 72.0 cm³/mol. The Kier molecular flexibility index (Phi) is 5.42. The monoisotopic (exact) mass is 271 g/mol. The van der Waals surface area contributed by atoms with Gasteiger partial charge < -0.3 is 20.1 Å². The van der Waals surface area contributed by atoms with E-state index in [0.29, 0.717) is 19.1 Å². The summed E-state index contributed by atoms with van der Waals surface area (Å²) in [7, 11) is 1.62.